The Bertz CT molecular complexity index is 334. The minimum Gasteiger partial charge on any atom is -0.345 e. The lowest BCUT2D eigenvalue weighted by atomic mass is 10.0. The van der Waals surface area contributed by atoms with Crippen LogP contribution in [0.15, 0.2) is 23.8 Å². The topological polar surface area (TPSA) is 72.2 Å². The van der Waals surface area contributed by atoms with Crippen LogP contribution in [0.2, 0.25) is 0 Å². The zero-order valence-corrected chi connectivity index (χ0v) is 17.0. The van der Waals surface area contributed by atoms with E-state index >= 15 is 0 Å². The van der Waals surface area contributed by atoms with Gasteiger partial charge < -0.3 is 11.1 Å². The summed E-state index contributed by atoms with van der Waals surface area (Å²) < 4.78 is 0. The Morgan fingerprint density at radius 1 is 1.04 bits per heavy atom. The van der Waals surface area contributed by atoms with Gasteiger partial charge in [-0.1, -0.05) is 65.3 Å². The van der Waals surface area contributed by atoms with Crippen molar-refractivity contribution in [2.45, 2.75) is 87.7 Å². The van der Waals surface area contributed by atoms with Gasteiger partial charge in [-0.2, -0.15) is 0 Å². The van der Waals surface area contributed by atoms with Gasteiger partial charge in [-0.25, -0.2) is 0 Å². The third-order valence-corrected chi connectivity index (χ3v) is 2.51. The molecule has 0 aromatic rings. The molecule has 0 aromatic heterocycles. The molecule has 1 amide bonds. The Hall–Kier alpha value is -1.42. The van der Waals surface area contributed by atoms with E-state index in [1.807, 2.05) is 73.6 Å². The molecule has 0 aliphatic carbocycles. The maximum Gasteiger partial charge on any atom is 0.237 e. The molecule has 0 aliphatic heterocycles. The van der Waals surface area contributed by atoms with Crippen LogP contribution in [-0.4, -0.2) is 23.8 Å². The van der Waals surface area contributed by atoms with Crippen molar-refractivity contribution in [3.63, 3.8) is 0 Å². The van der Waals surface area contributed by atoms with Gasteiger partial charge in [-0.3, -0.25) is 9.59 Å². The highest BCUT2D eigenvalue weighted by Crippen LogP contribution is 2.06. The van der Waals surface area contributed by atoms with Crippen molar-refractivity contribution in [2.75, 3.05) is 0 Å². The van der Waals surface area contributed by atoms with Crippen molar-refractivity contribution in [1.82, 2.24) is 5.32 Å². The van der Waals surface area contributed by atoms with Crippen LogP contribution in [0.5, 0.6) is 0 Å². The lowest BCUT2D eigenvalue weighted by Gasteiger charge is -2.15. The van der Waals surface area contributed by atoms with Crippen LogP contribution in [-0.2, 0) is 9.59 Å². The third-order valence-electron chi connectivity index (χ3n) is 2.51. The number of carbonyl (C=O) groups is 2. The zero-order chi connectivity index (χ0) is 19.4. The third kappa shape index (κ3) is 18.5. The van der Waals surface area contributed by atoms with Gasteiger partial charge in [-0.05, 0) is 34.1 Å². The van der Waals surface area contributed by atoms with E-state index in [9.17, 15) is 9.59 Å². The minimum absolute atomic E-state index is 0.0785. The van der Waals surface area contributed by atoms with Crippen LogP contribution in [0.3, 0.4) is 0 Å². The van der Waals surface area contributed by atoms with Crippen molar-refractivity contribution in [3.8, 4) is 0 Å². The lowest BCUT2D eigenvalue weighted by Crippen LogP contribution is -2.46. The molecule has 0 saturated carbocycles. The predicted molar refractivity (Wildman–Crippen MR) is 103 cm³/mol. The van der Waals surface area contributed by atoms with E-state index in [2.05, 4.69) is 5.32 Å². The first-order chi connectivity index (χ1) is 10.9. The van der Waals surface area contributed by atoms with Crippen LogP contribution >= 0.6 is 0 Å². The summed E-state index contributed by atoms with van der Waals surface area (Å²) in [6, 6.07) is -1.11. The number of nitrogens with two attached hydrogens (primary N) is 1. The van der Waals surface area contributed by atoms with Gasteiger partial charge in [0.05, 0.1) is 12.1 Å². The molecule has 0 spiro atoms. The maximum absolute atomic E-state index is 11.7. The zero-order valence-electron chi connectivity index (χ0n) is 17.0. The first-order valence-electron chi connectivity index (χ1n) is 8.76. The molecule has 3 N–H and O–H groups in total. The van der Waals surface area contributed by atoms with Crippen molar-refractivity contribution in [1.29, 1.82) is 0 Å². The Morgan fingerprint density at radius 3 is 1.78 bits per heavy atom. The highest BCUT2D eigenvalue weighted by atomic mass is 16.2. The first kappa shape index (κ1) is 29.6. The van der Waals surface area contributed by atoms with Gasteiger partial charge in [-0.15, -0.1) is 0 Å². The standard InChI is InChI=1S/C13H22N2O2.3C2H6/c1-5-7-11(6-2)8-12(14)13(17)15-9(3)10(4)16;3*1-2/h5-7,9,12H,8,14H2,1-4H3,(H,15,17);3*1-2H3/b7-5-,11-6+;;;. The fourth-order valence-corrected chi connectivity index (χ4v) is 1.26. The Morgan fingerprint density at radius 2 is 1.48 bits per heavy atom. The van der Waals surface area contributed by atoms with Crippen LogP contribution in [0.4, 0.5) is 0 Å². The summed E-state index contributed by atoms with van der Waals surface area (Å²) in [6.07, 6.45) is 6.21. The molecule has 0 bridgehead atoms. The second-order valence-corrected chi connectivity index (χ2v) is 4.02. The summed E-state index contributed by atoms with van der Waals surface area (Å²) >= 11 is 0. The molecule has 0 aliphatic rings. The summed E-state index contributed by atoms with van der Waals surface area (Å²) in [5, 5.41) is 2.59. The maximum atomic E-state index is 11.7. The number of allylic oxidation sites excluding steroid dienone is 3. The number of ketones is 1. The average molecular weight is 329 g/mol. The van der Waals surface area contributed by atoms with Crippen LogP contribution < -0.4 is 11.1 Å². The van der Waals surface area contributed by atoms with Gasteiger partial charge in [0.15, 0.2) is 5.78 Å². The van der Waals surface area contributed by atoms with Gasteiger partial charge >= 0.3 is 0 Å². The first-order valence-corrected chi connectivity index (χ1v) is 8.76. The van der Waals surface area contributed by atoms with Crippen molar-refractivity contribution in [2.24, 2.45) is 5.73 Å². The van der Waals surface area contributed by atoms with Crippen molar-refractivity contribution >= 4 is 11.7 Å². The molecule has 2 unspecified atom stereocenters. The monoisotopic (exact) mass is 328 g/mol. The highest BCUT2D eigenvalue weighted by Gasteiger charge is 2.18. The average Bonchev–Trinajstić information content (AvgIpc) is 2.59. The molecule has 4 heteroatoms. The summed E-state index contributed by atoms with van der Waals surface area (Å²) in [5.74, 6) is -0.373. The Kier molecular flexibility index (Phi) is 29.4. The van der Waals surface area contributed by atoms with Crippen LogP contribution in [0.1, 0.15) is 75.7 Å². The quantitative estimate of drug-likeness (QED) is 0.710. The summed E-state index contributed by atoms with van der Waals surface area (Å²) in [7, 11) is 0. The van der Waals surface area contributed by atoms with Gasteiger partial charge in [0.2, 0.25) is 5.91 Å². The van der Waals surface area contributed by atoms with Gasteiger partial charge in [0.1, 0.15) is 0 Å². The number of carbonyl (C=O) groups excluding carboxylic acids is 2. The molecule has 138 valence electrons. The molecule has 0 fully saturated rings. The molecule has 2 atom stereocenters. The fraction of sp³-hybridized carbons (Fsp3) is 0.684. The number of rotatable bonds is 6. The normalized spacial score (nSPS) is 12.4. The van der Waals surface area contributed by atoms with E-state index in [1.165, 1.54) is 6.92 Å². The van der Waals surface area contributed by atoms with E-state index in [1.54, 1.807) is 6.92 Å². The Labute approximate surface area is 144 Å². The molecule has 23 heavy (non-hydrogen) atoms. The number of nitrogens with one attached hydrogen (secondary N) is 1. The summed E-state index contributed by atoms with van der Waals surface area (Å²) in [5.41, 5.74) is 6.78. The van der Waals surface area contributed by atoms with Gasteiger partial charge in [0, 0.05) is 0 Å². The fourth-order valence-electron chi connectivity index (χ4n) is 1.26. The SMILES string of the molecule is C/C=C\C(=C/C)CC(N)C(=O)NC(C)C(C)=O.CC.CC.CC. The van der Waals surface area contributed by atoms with Crippen LogP contribution in [0.25, 0.3) is 0 Å². The van der Waals surface area contributed by atoms with E-state index in [0.717, 1.165) is 5.57 Å². The molecule has 0 aromatic carbocycles. The van der Waals surface area contributed by atoms with E-state index in [0.29, 0.717) is 6.42 Å². The second kappa shape index (κ2) is 22.9. The van der Waals surface area contributed by atoms with Crippen molar-refractivity contribution in [3.05, 3.63) is 23.8 Å². The number of hydrogen-bond acceptors (Lipinski definition) is 3. The lowest BCUT2D eigenvalue weighted by molar-refractivity contribution is -0.127. The Balaban J connectivity index is -0.000000267. The highest BCUT2D eigenvalue weighted by molar-refractivity contribution is 5.89. The summed E-state index contributed by atoms with van der Waals surface area (Å²) in [4.78, 5) is 22.7. The largest absolute Gasteiger partial charge is 0.345 e. The molecule has 0 rings (SSSR count). The number of Topliss-reactive ketones (excluding diaryl/α,β-unsaturated/α-hetero) is 1. The number of amides is 1. The van der Waals surface area contributed by atoms with E-state index < -0.39 is 12.1 Å². The van der Waals surface area contributed by atoms with Crippen LogP contribution in [0, 0.1) is 0 Å². The second-order valence-electron chi connectivity index (χ2n) is 4.02. The molecule has 0 heterocycles. The molecule has 0 radical (unpaired) electrons. The minimum atomic E-state index is -0.626. The number of hydrogen-bond donors (Lipinski definition) is 2. The van der Waals surface area contributed by atoms with E-state index in [4.69, 9.17) is 5.73 Å². The molecular formula is C19H40N2O2. The van der Waals surface area contributed by atoms with Gasteiger partial charge in [0.25, 0.3) is 0 Å². The smallest absolute Gasteiger partial charge is 0.237 e. The molecular weight excluding hydrogens is 288 g/mol. The molecule has 4 nitrogen and oxygen atoms in total. The van der Waals surface area contributed by atoms with E-state index in [-0.39, 0.29) is 11.7 Å². The van der Waals surface area contributed by atoms with Crippen molar-refractivity contribution < 1.29 is 9.59 Å². The summed E-state index contributed by atoms with van der Waals surface area (Å²) in [6.45, 7) is 18.9. The predicted octanol–water partition coefficient (Wildman–Crippen LogP) is 4.40. The molecule has 0 saturated heterocycles.